The number of aryl methyl sites for hydroxylation is 1. The van der Waals surface area contributed by atoms with Gasteiger partial charge in [0.1, 0.15) is 11.8 Å². The van der Waals surface area contributed by atoms with E-state index in [0.717, 1.165) is 18.8 Å². The van der Waals surface area contributed by atoms with Crippen LogP contribution in [0.5, 0.6) is 5.75 Å². The number of hydrogen-bond donors (Lipinski definition) is 4. The monoisotopic (exact) mass is 521 g/mol. The van der Waals surface area contributed by atoms with Gasteiger partial charge in [0, 0.05) is 18.9 Å². The number of hydroxylamine groups is 1. The second kappa shape index (κ2) is 17.3. The summed E-state index contributed by atoms with van der Waals surface area (Å²) >= 11 is 0. The molecule has 1 aliphatic heterocycles. The van der Waals surface area contributed by atoms with E-state index in [0.29, 0.717) is 25.8 Å². The molecule has 1 aromatic carbocycles. The van der Waals surface area contributed by atoms with E-state index in [9.17, 15) is 19.2 Å². The number of ether oxygens (including phenoxy) is 1. The first-order chi connectivity index (χ1) is 17.6. The average molecular weight is 522 g/mol. The maximum absolute atomic E-state index is 12.2. The van der Waals surface area contributed by atoms with Crippen LogP contribution in [0.4, 0.5) is 0 Å². The second-order valence-electron chi connectivity index (χ2n) is 9.74. The van der Waals surface area contributed by atoms with Gasteiger partial charge in [-0.25, -0.2) is 10.3 Å². The van der Waals surface area contributed by atoms with Crippen molar-refractivity contribution in [2.75, 3.05) is 19.7 Å². The van der Waals surface area contributed by atoms with Crippen LogP contribution in [0.3, 0.4) is 0 Å². The molecule has 0 saturated carbocycles. The number of carbonyl (C=O) groups is 4. The van der Waals surface area contributed by atoms with Crippen LogP contribution in [0.1, 0.15) is 71.3 Å². The Morgan fingerprint density at radius 2 is 1.81 bits per heavy atom. The zero-order valence-corrected chi connectivity index (χ0v) is 22.5. The van der Waals surface area contributed by atoms with E-state index in [1.165, 1.54) is 28.8 Å². The van der Waals surface area contributed by atoms with Crippen LogP contribution in [-0.2, 0) is 19.2 Å². The van der Waals surface area contributed by atoms with E-state index >= 15 is 0 Å². The van der Waals surface area contributed by atoms with E-state index in [-0.39, 0.29) is 18.9 Å². The number of nitrogens with one attached hydrogen (secondary N) is 2. The standard InChI is InChI=1S/C15H25N3O6.C12H18O/c1-9(2)6-10(7-12(19)17-24)14(21)16-8-13(20)18-5-3-4-11(18)15(22)23;1-3-4-5-10-13-12-8-6-11(2)7-9-12/h9-11,24H,3-8H2,1-2H3,(H,16,21)(H,17,19)(H,22,23);6-9H,3-5,10H2,1-2H3. The van der Waals surface area contributed by atoms with Gasteiger partial charge >= 0.3 is 5.97 Å². The largest absolute Gasteiger partial charge is 0.494 e. The van der Waals surface area contributed by atoms with Crippen molar-refractivity contribution in [3.05, 3.63) is 29.8 Å². The number of unbranched alkanes of at least 4 members (excludes halogenated alkanes) is 2. The number of rotatable bonds is 13. The summed E-state index contributed by atoms with van der Waals surface area (Å²) in [7, 11) is 0. The zero-order valence-electron chi connectivity index (χ0n) is 22.5. The summed E-state index contributed by atoms with van der Waals surface area (Å²) in [5, 5.41) is 20.1. The fourth-order valence-electron chi connectivity index (χ4n) is 4.03. The molecule has 0 spiro atoms. The molecule has 10 heteroatoms. The topological polar surface area (TPSA) is 145 Å². The predicted octanol–water partition coefficient (Wildman–Crippen LogP) is 3.30. The Bertz CT molecular complexity index is 858. The minimum atomic E-state index is -1.05. The van der Waals surface area contributed by atoms with Gasteiger partial charge in [0.2, 0.25) is 17.7 Å². The first kappa shape index (κ1) is 31.9. The number of benzene rings is 1. The average Bonchev–Trinajstić information content (AvgIpc) is 3.36. The Hall–Kier alpha value is -3.14. The number of hydrogen-bond acceptors (Lipinski definition) is 6. The van der Waals surface area contributed by atoms with E-state index < -0.39 is 35.7 Å². The van der Waals surface area contributed by atoms with E-state index in [1.807, 2.05) is 26.0 Å². The lowest BCUT2D eigenvalue weighted by atomic mass is 9.93. The van der Waals surface area contributed by atoms with Crippen molar-refractivity contribution in [3.63, 3.8) is 0 Å². The minimum absolute atomic E-state index is 0.151. The molecule has 0 radical (unpaired) electrons. The normalized spacial score (nSPS) is 15.4. The van der Waals surface area contributed by atoms with Crippen LogP contribution in [0.25, 0.3) is 0 Å². The van der Waals surface area contributed by atoms with E-state index in [1.54, 1.807) is 0 Å². The van der Waals surface area contributed by atoms with Crippen molar-refractivity contribution < 1.29 is 34.2 Å². The predicted molar refractivity (Wildman–Crippen MR) is 139 cm³/mol. The smallest absolute Gasteiger partial charge is 0.326 e. The van der Waals surface area contributed by atoms with Gasteiger partial charge < -0.3 is 20.1 Å². The zero-order chi connectivity index (χ0) is 27.8. The van der Waals surface area contributed by atoms with Gasteiger partial charge in [-0.1, -0.05) is 51.3 Å². The number of nitrogens with zero attached hydrogens (tertiary/aromatic N) is 1. The molecule has 10 nitrogen and oxygen atoms in total. The lowest BCUT2D eigenvalue weighted by Crippen LogP contribution is -2.46. The molecule has 37 heavy (non-hydrogen) atoms. The van der Waals surface area contributed by atoms with Crippen LogP contribution >= 0.6 is 0 Å². The Balaban J connectivity index is 0.000000442. The highest BCUT2D eigenvalue weighted by Gasteiger charge is 2.34. The SMILES string of the molecule is CC(C)CC(CC(=O)NO)C(=O)NCC(=O)N1CCCC1C(=O)O.CCCCCOc1ccc(C)cc1. The fraction of sp³-hybridized carbons (Fsp3) is 0.630. The Labute approximate surface area is 219 Å². The fourth-order valence-corrected chi connectivity index (χ4v) is 4.03. The number of amides is 3. The number of carboxylic acids is 1. The van der Waals surface area contributed by atoms with Crippen LogP contribution in [-0.4, -0.2) is 64.6 Å². The van der Waals surface area contributed by atoms with Gasteiger partial charge in [0.05, 0.1) is 13.2 Å². The Morgan fingerprint density at radius 3 is 2.38 bits per heavy atom. The summed E-state index contributed by atoms with van der Waals surface area (Å²) < 4.78 is 5.56. The summed E-state index contributed by atoms with van der Waals surface area (Å²) in [5.41, 5.74) is 2.77. The third-order valence-electron chi connectivity index (χ3n) is 5.99. The van der Waals surface area contributed by atoms with Crippen LogP contribution in [0.15, 0.2) is 24.3 Å². The van der Waals surface area contributed by atoms with E-state index in [4.69, 9.17) is 15.1 Å². The molecule has 2 unspecified atom stereocenters. The molecule has 1 fully saturated rings. The lowest BCUT2D eigenvalue weighted by molar-refractivity contribution is -0.148. The third-order valence-corrected chi connectivity index (χ3v) is 5.99. The molecular formula is C27H43N3O7. The van der Waals surface area contributed by atoms with Crippen molar-refractivity contribution >= 4 is 23.7 Å². The molecule has 0 aromatic heterocycles. The number of carboxylic acid groups (broad SMARTS) is 1. The highest BCUT2D eigenvalue weighted by molar-refractivity contribution is 5.90. The molecule has 0 bridgehead atoms. The molecule has 1 aromatic rings. The van der Waals surface area contributed by atoms with Gasteiger partial charge in [-0.3, -0.25) is 19.6 Å². The van der Waals surface area contributed by atoms with Crippen LogP contribution in [0.2, 0.25) is 0 Å². The number of carbonyl (C=O) groups excluding carboxylic acids is 3. The molecule has 2 atom stereocenters. The maximum atomic E-state index is 12.2. The molecule has 1 saturated heterocycles. The third kappa shape index (κ3) is 12.6. The number of likely N-dealkylation sites (tertiary alicyclic amines) is 1. The van der Waals surface area contributed by atoms with Gasteiger partial charge in [-0.15, -0.1) is 0 Å². The molecular weight excluding hydrogens is 478 g/mol. The molecule has 4 N–H and O–H groups in total. The second-order valence-corrected chi connectivity index (χ2v) is 9.74. The first-order valence-corrected chi connectivity index (χ1v) is 13.0. The Kier molecular flexibility index (Phi) is 14.9. The van der Waals surface area contributed by atoms with Crippen LogP contribution < -0.4 is 15.5 Å². The highest BCUT2D eigenvalue weighted by atomic mass is 16.5. The molecule has 0 aliphatic carbocycles. The molecule has 2 rings (SSSR count). The number of aliphatic carboxylic acids is 1. The quantitative estimate of drug-likeness (QED) is 0.177. The van der Waals surface area contributed by atoms with Gasteiger partial charge in [-0.2, -0.15) is 0 Å². The van der Waals surface area contributed by atoms with Crippen molar-refractivity contribution in [1.82, 2.24) is 15.7 Å². The summed E-state index contributed by atoms with van der Waals surface area (Å²) in [5.74, 6) is -2.18. The van der Waals surface area contributed by atoms with Crippen molar-refractivity contribution in [3.8, 4) is 5.75 Å². The molecule has 208 valence electrons. The first-order valence-electron chi connectivity index (χ1n) is 13.0. The van der Waals surface area contributed by atoms with Crippen molar-refractivity contribution in [1.29, 1.82) is 0 Å². The summed E-state index contributed by atoms with van der Waals surface area (Å²) in [6.45, 7) is 8.96. The maximum Gasteiger partial charge on any atom is 0.326 e. The summed E-state index contributed by atoms with van der Waals surface area (Å²) in [6, 6.07) is 7.37. The lowest BCUT2D eigenvalue weighted by Gasteiger charge is -2.23. The van der Waals surface area contributed by atoms with Gasteiger partial charge in [0.15, 0.2) is 0 Å². The minimum Gasteiger partial charge on any atom is -0.494 e. The Morgan fingerprint density at radius 1 is 1.14 bits per heavy atom. The van der Waals surface area contributed by atoms with Gasteiger partial charge in [-0.05, 0) is 50.7 Å². The highest BCUT2D eigenvalue weighted by Crippen LogP contribution is 2.18. The van der Waals surface area contributed by atoms with Gasteiger partial charge in [0.25, 0.3) is 0 Å². The summed E-state index contributed by atoms with van der Waals surface area (Å²) in [4.78, 5) is 48.0. The van der Waals surface area contributed by atoms with Crippen molar-refractivity contribution in [2.24, 2.45) is 11.8 Å². The molecule has 1 heterocycles. The van der Waals surface area contributed by atoms with Crippen molar-refractivity contribution in [2.45, 2.75) is 78.7 Å². The summed E-state index contributed by atoms with van der Waals surface area (Å²) in [6.07, 6.45) is 4.92. The molecule has 3 amide bonds. The van der Waals surface area contributed by atoms with E-state index in [2.05, 4.69) is 31.3 Å². The van der Waals surface area contributed by atoms with Crippen LogP contribution in [0, 0.1) is 18.8 Å². The molecule has 1 aliphatic rings.